The van der Waals surface area contributed by atoms with E-state index in [-0.39, 0.29) is 18.4 Å². The van der Waals surface area contributed by atoms with E-state index in [0.29, 0.717) is 24.5 Å². The molecule has 3 aromatic rings. The molecule has 1 heterocycles. The lowest BCUT2D eigenvalue weighted by Gasteiger charge is -2.18. The molecule has 0 aliphatic carbocycles. The molecule has 3 rings (SSSR count). The van der Waals surface area contributed by atoms with Gasteiger partial charge in [0.1, 0.15) is 5.82 Å². The van der Waals surface area contributed by atoms with Gasteiger partial charge in [0.05, 0.1) is 18.5 Å². The van der Waals surface area contributed by atoms with Gasteiger partial charge in [-0.2, -0.15) is 0 Å². The lowest BCUT2D eigenvalue weighted by atomic mass is 9.88. The molecular formula is C22H23N3O2. The van der Waals surface area contributed by atoms with Crippen molar-refractivity contribution < 1.29 is 9.90 Å². The molecule has 5 heteroatoms. The molecule has 2 aromatic carbocycles. The fourth-order valence-corrected chi connectivity index (χ4v) is 2.95. The molecule has 1 amide bonds. The Hall–Kier alpha value is -3.18. The lowest BCUT2D eigenvalue weighted by Crippen LogP contribution is -2.16. The molecule has 0 bridgehead atoms. The van der Waals surface area contributed by atoms with Gasteiger partial charge in [0.15, 0.2) is 0 Å². The Morgan fingerprint density at radius 3 is 2.07 bits per heavy atom. The summed E-state index contributed by atoms with van der Waals surface area (Å²) in [4.78, 5) is 16.9. The van der Waals surface area contributed by atoms with Gasteiger partial charge in [0.25, 0.3) is 0 Å². The number of nitrogens with one attached hydrogen (secondary N) is 2. The first-order valence-corrected chi connectivity index (χ1v) is 8.97. The minimum atomic E-state index is -0.0643. The Morgan fingerprint density at radius 1 is 0.926 bits per heavy atom. The van der Waals surface area contributed by atoms with Crippen molar-refractivity contribution in [1.29, 1.82) is 0 Å². The highest BCUT2D eigenvalue weighted by atomic mass is 16.3. The average Bonchev–Trinajstić information content (AvgIpc) is 2.73. The fraction of sp³-hybridized carbons (Fsp3) is 0.182. The van der Waals surface area contributed by atoms with Gasteiger partial charge >= 0.3 is 0 Å². The van der Waals surface area contributed by atoms with Gasteiger partial charge in [-0.15, -0.1) is 0 Å². The number of pyridine rings is 1. The summed E-state index contributed by atoms with van der Waals surface area (Å²) in [5.74, 6) is 0.588. The molecule has 0 aliphatic rings. The topological polar surface area (TPSA) is 74.2 Å². The predicted octanol–water partition coefficient (Wildman–Crippen LogP) is 3.65. The van der Waals surface area contributed by atoms with E-state index in [9.17, 15) is 4.79 Å². The highest BCUT2D eigenvalue weighted by Crippen LogP contribution is 2.28. The maximum atomic E-state index is 12.6. The van der Waals surface area contributed by atoms with Gasteiger partial charge in [-0.05, 0) is 23.3 Å². The van der Waals surface area contributed by atoms with Crippen LogP contribution in [0.2, 0.25) is 0 Å². The van der Waals surface area contributed by atoms with Crippen molar-refractivity contribution in [2.45, 2.75) is 12.3 Å². The molecular weight excluding hydrogens is 338 g/mol. The first kappa shape index (κ1) is 18.6. The molecule has 0 fully saturated rings. The van der Waals surface area contributed by atoms with Gasteiger partial charge in [0, 0.05) is 18.9 Å². The molecule has 1 aromatic heterocycles. The molecule has 27 heavy (non-hydrogen) atoms. The smallest absolute Gasteiger partial charge is 0.225 e. The van der Waals surface area contributed by atoms with E-state index in [0.717, 1.165) is 11.1 Å². The molecule has 3 N–H and O–H groups in total. The number of aliphatic hydroxyl groups excluding tert-OH is 1. The third kappa shape index (κ3) is 5.39. The Bertz CT molecular complexity index is 797. The summed E-state index contributed by atoms with van der Waals surface area (Å²) in [6, 6.07) is 23.7. The first-order valence-electron chi connectivity index (χ1n) is 8.97. The van der Waals surface area contributed by atoms with Crippen LogP contribution in [0.1, 0.15) is 23.5 Å². The number of rotatable bonds is 8. The largest absolute Gasteiger partial charge is 0.395 e. The van der Waals surface area contributed by atoms with Crippen LogP contribution in [0.5, 0.6) is 0 Å². The highest BCUT2D eigenvalue weighted by Gasteiger charge is 2.18. The number of aliphatic hydroxyl groups is 1. The zero-order valence-corrected chi connectivity index (χ0v) is 15.0. The normalized spacial score (nSPS) is 10.6. The Balaban J connectivity index is 1.69. The Labute approximate surface area is 159 Å². The minimum absolute atomic E-state index is 0.00847. The third-order valence-corrected chi connectivity index (χ3v) is 4.26. The van der Waals surface area contributed by atoms with Crippen LogP contribution >= 0.6 is 0 Å². The van der Waals surface area contributed by atoms with E-state index in [1.54, 1.807) is 18.3 Å². The summed E-state index contributed by atoms with van der Waals surface area (Å²) in [5.41, 5.74) is 2.87. The van der Waals surface area contributed by atoms with Crippen molar-refractivity contribution in [2.75, 3.05) is 23.8 Å². The number of aromatic nitrogens is 1. The standard InChI is InChI=1S/C22H23N3O2/c26-14-13-23-21-12-11-19(16-24-21)25-22(27)15-20(17-7-3-1-4-8-17)18-9-5-2-6-10-18/h1-12,16,20,26H,13-15H2,(H,23,24)(H,25,27). The number of anilines is 2. The van der Waals surface area contributed by atoms with Crippen LogP contribution in [0.3, 0.4) is 0 Å². The van der Waals surface area contributed by atoms with Crippen LogP contribution in [0.4, 0.5) is 11.5 Å². The van der Waals surface area contributed by atoms with Crippen molar-refractivity contribution in [1.82, 2.24) is 4.98 Å². The number of carbonyl (C=O) groups is 1. The van der Waals surface area contributed by atoms with E-state index in [2.05, 4.69) is 15.6 Å². The van der Waals surface area contributed by atoms with Crippen molar-refractivity contribution in [2.24, 2.45) is 0 Å². The van der Waals surface area contributed by atoms with Gasteiger partial charge < -0.3 is 15.7 Å². The quantitative estimate of drug-likeness (QED) is 0.573. The second-order valence-corrected chi connectivity index (χ2v) is 6.21. The van der Waals surface area contributed by atoms with E-state index >= 15 is 0 Å². The zero-order valence-electron chi connectivity index (χ0n) is 15.0. The number of hydrogen-bond acceptors (Lipinski definition) is 4. The molecule has 0 aliphatic heterocycles. The van der Waals surface area contributed by atoms with Gasteiger partial charge in [-0.25, -0.2) is 4.98 Å². The molecule has 0 radical (unpaired) electrons. The van der Waals surface area contributed by atoms with E-state index in [4.69, 9.17) is 5.11 Å². The predicted molar refractivity (Wildman–Crippen MR) is 108 cm³/mol. The average molecular weight is 361 g/mol. The summed E-state index contributed by atoms with van der Waals surface area (Å²) >= 11 is 0. The molecule has 138 valence electrons. The van der Waals surface area contributed by atoms with Crippen molar-refractivity contribution in [3.8, 4) is 0 Å². The van der Waals surface area contributed by atoms with Gasteiger partial charge in [0.2, 0.25) is 5.91 Å². The number of amides is 1. The van der Waals surface area contributed by atoms with Gasteiger partial charge in [-0.1, -0.05) is 60.7 Å². The van der Waals surface area contributed by atoms with Gasteiger partial charge in [-0.3, -0.25) is 4.79 Å². The van der Waals surface area contributed by atoms with Crippen LogP contribution in [0.15, 0.2) is 79.0 Å². The minimum Gasteiger partial charge on any atom is -0.395 e. The van der Waals surface area contributed by atoms with Crippen molar-refractivity contribution in [3.05, 3.63) is 90.1 Å². The number of benzene rings is 2. The van der Waals surface area contributed by atoms with Crippen LogP contribution in [0, 0.1) is 0 Å². The molecule has 0 spiro atoms. The number of carbonyl (C=O) groups excluding carboxylic acids is 1. The maximum absolute atomic E-state index is 12.6. The Kier molecular flexibility index (Phi) is 6.55. The second-order valence-electron chi connectivity index (χ2n) is 6.21. The highest BCUT2D eigenvalue weighted by molar-refractivity contribution is 5.91. The molecule has 5 nitrogen and oxygen atoms in total. The van der Waals surface area contributed by atoms with Crippen molar-refractivity contribution >= 4 is 17.4 Å². The summed E-state index contributed by atoms with van der Waals surface area (Å²) in [5, 5.41) is 14.7. The van der Waals surface area contributed by atoms with Crippen LogP contribution in [-0.2, 0) is 4.79 Å². The number of nitrogens with zero attached hydrogens (tertiary/aromatic N) is 1. The van der Waals surface area contributed by atoms with Crippen LogP contribution in [0.25, 0.3) is 0 Å². The first-order chi connectivity index (χ1) is 13.3. The molecule has 0 saturated carbocycles. The summed E-state index contributed by atoms with van der Waals surface area (Å²) < 4.78 is 0. The van der Waals surface area contributed by atoms with Crippen molar-refractivity contribution in [3.63, 3.8) is 0 Å². The van der Waals surface area contributed by atoms with Crippen LogP contribution in [-0.4, -0.2) is 29.1 Å². The SMILES string of the molecule is O=C(CC(c1ccccc1)c1ccccc1)Nc1ccc(NCCO)nc1. The lowest BCUT2D eigenvalue weighted by molar-refractivity contribution is -0.116. The fourth-order valence-electron chi connectivity index (χ4n) is 2.95. The van der Waals surface area contributed by atoms with E-state index in [1.165, 1.54) is 0 Å². The monoisotopic (exact) mass is 361 g/mol. The van der Waals surface area contributed by atoms with Crippen LogP contribution < -0.4 is 10.6 Å². The molecule has 0 unspecified atom stereocenters. The van der Waals surface area contributed by atoms with E-state index in [1.807, 2.05) is 60.7 Å². The molecule has 0 atom stereocenters. The molecule has 0 saturated heterocycles. The van der Waals surface area contributed by atoms with E-state index < -0.39 is 0 Å². The summed E-state index contributed by atoms with van der Waals surface area (Å²) in [7, 11) is 0. The summed E-state index contributed by atoms with van der Waals surface area (Å²) in [6.45, 7) is 0.481. The third-order valence-electron chi connectivity index (χ3n) is 4.26. The summed E-state index contributed by atoms with van der Waals surface area (Å²) in [6.07, 6.45) is 1.95. The second kappa shape index (κ2) is 9.50. The number of hydrogen-bond donors (Lipinski definition) is 3. The Morgan fingerprint density at radius 2 is 1.56 bits per heavy atom. The zero-order chi connectivity index (χ0) is 18.9. The maximum Gasteiger partial charge on any atom is 0.225 e.